The molecule has 1 fully saturated rings. The van der Waals surface area contributed by atoms with E-state index in [0.29, 0.717) is 19.6 Å². The van der Waals surface area contributed by atoms with Gasteiger partial charge in [-0.1, -0.05) is 60.7 Å². The van der Waals surface area contributed by atoms with E-state index in [9.17, 15) is 26.4 Å². The summed E-state index contributed by atoms with van der Waals surface area (Å²) in [5, 5.41) is 6.12. The zero-order chi connectivity index (χ0) is 27.2. The van der Waals surface area contributed by atoms with Gasteiger partial charge in [-0.05, 0) is 41.8 Å². The van der Waals surface area contributed by atoms with E-state index in [0.717, 1.165) is 35.4 Å². The molecule has 1 heterocycles. The second-order valence-corrected chi connectivity index (χ2v) is 10.8. The summed E-state index contributed by atoms with van der Waals surface area (Å²) in [6.07, 6.45) is -4.60. The Morgan fingerprint density at radius 1 is 0.921 bits per heavy atom. The Kier molecular flexibility index (Phi) is 8.70. The Bertz CT molecular complexity index is 1270. The van der Waals surface area contributed by atoms with Gasteiger partial charge in [-0.2, -0.15) is 0 Å². The number of ether oxygens (including phenoxy) is 1. The SMILES string of the molecule is O=C(NCC(c1ccccc1)c1ccccc1)[C@@H]1CNC[C@H](NS(=O)(=O)c2ccc(OC(F)(F)F)cc2)C1. The summed E-state index contributed by atoms with van der Waals surface area (Å²) in [6.45, 7) is 1.09. The van der Waals surface area contributed by atoms with Crippen molar-refractivity contribution in [3.63, 3.8) is 0 Å². The van der Waals surface area contributed by atoms with Gasteiger partial charge in [-0.15, -0.1) is 13.2 Å². The molecule has 3 aromatic rings. The molecule has 3 aromatic carbocycles. The minimum atomic E-state index is -4.87. The van der Waals surface area contributed by atoms with Gasteiger partial charge in [0.25, 0.3) is 0 Å². The standard InChI is InChI=1S/C27H28F3N3O4S/c28-27(29,30)37-23-11-13-24(14-12-23)38(35,36)33-22-15-21(16-31-17-22)26(34)32-18-25(19-7-3-1-4-8-19)20-9-5-2-6-10-20/h1-14,21-22,25,31,33H,15-18H2,(H,32,34)/t21-,22+/m0/s1. The van der Waals surface area contributed by atoms with Gasteiger partial charge in [-0.25, -0.2) is 13.1 Å². The summed E-state index contributed by atoms with van der Waals surface area (Å²) in [4.78, 5) is 12.9. The minimum Gasteiger partial charge on any atom is -0.406 e. The number of piperidine rings is 1. The molecule has 38 heavy (non-hydrogen) atoms. The number of nitrogens with one attached hydrogen (secondary N) is 3. The second kappa shape index (κ2) is 12.0. The molecular weight excluding hydrogens is 519 g/mol. The van der Waals surface area contributed by atoms with Crippen LogP contribution in [-0.4, -0.2) is 46.4 Å². The molecule has 4 rings (SSSR count). The van der Waals surface area contributed by atoms with Gasteiger partial charge in [0, 0.05) is 31.6 Å². The first-order valence-electron chi connectivity index (χ1n) is 12.1. The van der Waals surface area contributed by atoms with Gasteiger partial charge in [0.15, 0.2) is 0 Å². The van der Waals surface area contributed by atoms with E-state index in [1.807, 2.05) is 60.7 Å². The normalized spacial score (nSPS) is 18.2. The van der Waals surface area contributed by atoms with Crippen molar-refractivity contribution in [3.8, 4) is 5.75 Å². The third-order valence-electron chi connectivity index (χ3n) is 6.30. The van der Waals surface area contributed by atoms with Gasteiger partial charge >= 0.3 is 6.36 Å². The quantitative estimate of drug-likeness (QED) is 0.379. The Balaban J connectivity index is 1.37. The highest BCUT2D eigenvalue weighted by Gasteiger charge is 2.32. The Morgan fingerprint density at radius 2 is 1.50 bits per heavy atom. The Hall–Kier alpha value is -3.41. The highest BCUT2D eigenvalue weighted by atomic mass is 32.2. The Labute approximate surface area is 219 Å². The van der Waals surface area contributed by atoms with Crippen molar-refractivity contribution in [1.82, 2.24) is 15.4 Å². The van der Waals surface area contributed by atoms with Crippen LogP contribution in [-0.2, 0) is 14.8 Å². The lowest BCUT2D eigenvalue weighted by Crippen LogP contribution is -2.52. The number of carbonyl (C=O) groups excluding carboxylic acids is 1. The number of sulfonamides is 1. The fourth-order valence-corrected chi connectivity index (χ4v) is 5.73. The van der Waals surface area contributed by atoms with Gasteiger partial charge < -0.3 is 15.4 Å². The molecule has 2 atom stereocenters. The maximum atomic E-state index is 13.1. The first-order chi connectivity index (χ1) is 18.1. The summed E-state index contributed by atoms with van der Waals surface area (Å²) < 4.78 is 69.0. The molecule has 0 aliphatic carbocycles. The molecule has 1 aliphatic rings. The van der Waals surface area contributed by atoms with Crippen molar-refractivity contribution in [2.24, 2.45) is 5.92 Å². The van der Waals surface area contributed by atoms with Crippen LogP contribution in [0.5, 0.6) is 5.75 Å². The molecule has 3 N–H and O–H groups in total. The van der Waals surface area contributed by atoms with Gasteiger partial charge in [0.05, 0.1) is 10.8 Å². The number of alkyl halides is 3. The van der Waals surface area contributed by atoms with E-state index in [2.05, 4.69) is 20.1 Å². The van der Waals surface area contributed by atoms with E-state index >= 15 is 0 Å². The van der Waals surface area contributed by atoms with Crippen LogP contribution in [0.2, 0.25) is 0 Å². The van der Waals surface area contributed by atoms with E-state index < -0.39 is 34.1 Å². The lowest BCUT2D eigenvalue weighted by Gasteiger charge is -2.30. The van der Waals surface area contributed by atoms with Gasteiger partial charge in [-0.3, -0.25) is 4.79 Å². The van der Waals surface area contributed by atoms with E-state index in [4.69, 9.17) is 0 Å². The van der Waals surface area contributed by atoms with Crippen LogP contribution in [0.4, 0.5) is 13.2 Å². The van der Waals surface area contributed by atoms with Crippen molar-refractivity contribution in [2.75, 3.05) is 19.6 Å². The number of amides is 1. The van der Waals surface area contributed by atoms with Crippen molar-refractivity contribution < 1.29 is 31.1 Å². The number of halogens is 3. The zero-order valence-corrected chi connectivity index (χ0v) is 21.1. The topological polar surface area (TPSA) is 96.5 Å². The van der Waals surface area contributed by atoms with Gasteiger partial charge in [0.2, 0.25) is 15.9 Å². The van der Waals surface area contributed by atoms with Crippen LogP contribution in [0, 0.1) is 5.92 Å². The molecule has 0 radical (unpaired) electrons. The van der Waals surface area contributed by atoms with Crippen molar-refractivity contribution in [3.05, 3.63) is 96.1 Å². The maximum Gasteiger partial charge on any atom is 0.573 e. The lowest BCUT2D eigenvalue weighted by atomic mass is 9.90. The van der Waals surface area contributed by atoms with Crippen LogP contribution in [0.15, 0.2) is 89.8 Å². The van der Waals surface area contributed by atoms with Crippen molar-refractivity contribution >= 4 is 15.9 Å². The average molecular weight is 548 g/mol. The van der Waals surface area contributed by atoms with E-state index in [1.165, 1.54) is 0 Å². The monoisotopic (exact) mass is 547 g/mol. The van der Waals surface area contributed by atoms with Gasteiger partial charge in [0.1, 0.15) is 5.75 Å². The third-order valence-corrected chi connectivity index (χ3v) is 7.83. The van der Waals surface area contributed by atoms with Crippen LogP contribution in [0.25, 0.3) is 0 Å². The smallest absolute Gasteiger partial charge is 0.406 e. The van der Waals surface area contributed by atoms with Crippen LogP contribution in [0.1, 0.15) is 23.5 Å². The predicted octanol–water partition coefficient (Wildman–Crippen LogP) is 3.79. The molecule has 7 nitrogen and oxygen atoms in total. The van der Waals surface area contributed by atoms with Crippen LogP contribution in [0.3, 0.4) is 0 Å². The summed E-state index contributed by atoms with van der Waals surface area (Å²) in [5.74, 6) is -1.22. The molecule has 1 aliphatic heterocycles. The maximum absolute atomic E-state index is 13.1. The molecule has 202 valence electrons. The minimum absolute atomic E-state index is 0.0449. The first kappa shape index (κ1) is 27.6. The number of benzene rings is 3. The highest BCUT2D eigenvalue weighted by Crippen LogP contribution is 2.25. The molecule has 0 aromatic heterocycles. The fraction of sp³-hybridized carbons (Fsp3) is 0.296. The number of carbonyl (C=O) groups is 1. The molecule has 1 amide bonds. The number of rotatable bonds is 9. The predicted molar refractivity (Wildman–Crippen MR) is 136 cm³/mol. The van der Waals surface area contributed by atoms with E-state index in [1.54, 1.807) is 0 Å². The molecule has 0 saturated carbocycles. The summed E-state index contributed by atoms with van der Waals surface area (Å²) >= 11 is 0. The molecule has 0 spiro atoms. The summed E-state index contributed by atoms with van der Waals surface area (Å²) in [6, 6.07) is 23.1. The third kappa shape index (κ3) is 7.56. The highest BCUT2D eigenvalue weighted by molar-refractivity contribution is 7.89. The largest absolute Gasteiger partial charge is 0.573 e. The van der Waals surface area contributed by atoms with Crippen molar-refractivity contribution in [1.29, 1.82) is 0 Å². The zero-order valence-electron chi connectivity index (χ0n) is 20.3. The summed E-state index contributed by atoms with van der Waals surface area (Å²) in [7, 11) is -4.03. The summed E-state index contributed by atoms with van der Waals surface area (Å²) in [5.41, 5.74) is 2.14. The number of hydrogen-bond donors (Lipinski definition) is 3. The average Bonchev–Trinajstić information content (AvgIpc) is 2.89. The molecule has 1 saturated heterocycles. The van der Waals surface area contributed by atoms with Crippen LogP contribution < -0.4 is 20.1 Å². The van der Waals surface area contributed by atoms with Crippen LogP contribution >= 0.6 is 0 Å². The lowest BCUT2D eigenvalue weighted by molar-refractivity contribution is -0.274. The molecule has 0 bridgehead atoms. The first-order valence-corrected chi connectivity index (χ1v) is 13.6. The van der Waals surface area contributed by atoms with Crippen molar-refractivity contribution in [2.45, 2.75) is 29.6 Å². The molecular formula is C27H28F3N3O4S. The number of hydrogen-bond acceptors (Lipinski definition) is 5. The molecule has 11 heteroatoms. The second-order valence-electron chi connectivity index (χ2n) is 9.05. The molecule has 0 unspecified atom stereocenters. The van der Waals surface area contributed by atoms with E-state index in [-0.39, 0.29) is 23.1 Å². The fourth-order valence-electron chi connectivity index (χ4n) is 4.49. The Morgan fingerprint density at radius 3 is 2.05 bits per heavy atom.